The van der Waals surface area contributed by atoms with E-state index in [0.717, 1.165) is 24.0 Å². The molecule has 6 rings (SSSR count). The molecule has 1 fully saturated rings. The molecule has 3 aromatic carbocycles. The third kappa shape index (κ3) is 4.26. The molecule has 5 aromatic rings. The summed E-state index contributed by atoms with van der Waals surface area (Å²) in [5.41, 5.74) is 3.01. The van der Waals surface area contributed by atoms with E-state index in [2.05, 4.69) is 27.9 Å². The van der Waals surface area contributed by atoms with Crippen LogP contribution < -0.4 is 10.6 Å². The van der Waals surface area contributed by atoms with Gasteiger partial charge in [0.15, 0.2) is 5.82 Å². The van der Waals surface area contributed by atoms with Crippen LogP contribution in [0.5, 0.6) is 0 Å². The van der Waals surface area contributed by atoms with Crippen LogP contribution in [-0.2, 0) is 5.54 Å². The van der Waals surface area contributed by atoms with Crippen molar-refractivity contribution in [2.75, 3.05) is 7.05 Å². The molecule has 0 saturated heterocycles. The summed E-state index contributed by atoms with van der Waals surface area (Å²) in [5.74, 6) is -1.89. The van der Waals surface area contributed by atoms with E-state index >= 15 is 4.39 Å². The van der Waals surface area contributed by atoms with Crippen LogP contribution in [0.2, 0.25) is 0 Å². The molecule has 2 heterocycles. The minimum Gasteiger partial charge on any atom is -0.355 e. The zero-order chi connectivity index (χ0) is 28.0. The lowest BCUT2D eigenvalue weighted by Crippen LogP contribution is -2.34. The van der Waals surface area contributed by atoms with Crippen molar-refractivity contribution in [2.24, 2.45) is 0 Å². The van der Waals surface area contributed by atoms with E-state index < -0.39 is 23.1 Å². The Balaban J connectivity index is 1.43. The maximum atomic E-state index is 16.3. The molecule has 2 aromatic heterocycles. The van der Waals surface area contributed by atoms with Gasteiger partial charge in [0.25, 0.3) is 11.8 Å². The summed E-state index contributed by atoms with van der Waals surface area (Å²) in [6.07, 6.45) is 3.17. The number of pyridine rings is 1. The fourth-order valence-corrected chi connectivity index (χ4v) is 5.02. The number of rotatable bonds is 6. The van der Waals surface area contributed by atoms with Gasteiger partial charge in [-0.1, -0.05) is 24.3 Å². The monoisotopic (exact) mass is 534 g/mol. The van der Waals surface area contributed by atoms with Crippen LogP contribution in [-0.4, -0.2) is 28.5 Å². The van der Waals surface area contributed by atoms with Crippen molar-refractivity contribution in [1.82, 2.24) is 20.2 Å². The van der Waals surface area contributed by atoms with Crippen molar-refractivity contribution in [1.29, 1.82) is 0 Å². The van der Waals surface area contributed by atoms with Gasteiger partial charge in [-0.15, -0.1) is 0 Å². The van der Waals surface area contributed by atoms with E-state index in [-0.39, 0.29) is 28.2 Å². The summed E-state index contributed by atoms with van der Waals surface area (Å²) in [4.78, 5) is 26.3. The van der Waals surface area contributed by atoms with Crippen LogP contribution in [0.25, 0.3) is 27.9 Å². The Kier molecular flexibility index (Phi) is 6.07. The van der Waals surface area contributed by atoms with Gasteiger partial charge in [-0.05, 0) is 85.5 Å². The van der Waals surface area contributed by atoms with Crippen LogP contribution in [0.4, 0.5) is 8.78 Å². The molecule has 1 aliphatic rings. The first-order valence-electron chi connectivity index (χ1n) is 12.8. The van der Waals surface area contributed by atoms with E-state index in [4.69, 9.17) is 0 Å². The molecular weight excluding hydrogens is 510 g/mol. The zero-order valence-electron chi connectivity index (χ0n) is 21.8. The van der Waals surface area contributed by atoms with E-state index in [0.29, 0.717) is 16.7 Å². The van der Waals surface area contributed by atoms with E-state index in [1.54, 1.807) is 36.5 Å². The van der Waals surface area contributed by atoms with Crippen molar-refractivity contribution in [3.05, 3.63) is 119 Å². The molecule has 6 nitrogen and oxygen atoms in total. The average molecular weight is 535 g/mol. The predicted octanol–water partition coefficient (Wildman–Crippen LogP) is 5.63. The number of nitrogens with zero attached hydrogens (tertiary/aromatic N) is 2. The van der Waals surface area contributed by atoms with Crippen LogP contribution in [0.3, 0.4) is 0 Å². The van der Waals surface area contributed by atoms with E-state index in [1.807, 2.05) is 19.1 Å². The second-order valence-electron chi connectivity index (χ2n) is 9.92. The van der Waals surface area contributed by atoms with Crippen molar-refractivity contribution in [3.8, 4) is 22.4 Å². The largest absolute Gasteiger partial charge is 0.355 e. The van der Waals surface area contributed by atoms with Crippen molar-refractivity contribution < 1.29 is 18.4 Å². The maximum absolute atomic E-state index is 16.3. The predicted molar refractivity (Wildman–Crippen MR) is 147 cm³/mol. The number of aryl methyl sites for hydroxylation is 1. The fraction of sp³-hybridized carbons (Fsp3) is 0.156. The first kappa shape index (κ1) is 25.3. The summed E-state index contributed by atoms with van der Waals surface area (Å²) in [6.45, 7) is 1.83. The van der Waals surface area contributed by atoms with Crippen LogP contribution in [0.15, 0.2) is 72.9 Å². The molecule has 0 unspecified atom stereocenters. The molecule has 0 aliphatic heterocycles. The highest BCUT2D eigenvalue weighted by molar-refractivity contribution is 6.07. The fourth-order valence-electron chi connectivity index (χ4n) is 5.02. The maximum Gasteiger partial charge on any atom is 0.255 e. The first-order valence-corrected chi connectivity index (χ1v) is 12.8. The SMILES string of the molecule is CNC(=O)c1c(-c2ccc(F)cc2)nn2ccc(-c3cc(C(=O)NC4(c5c#cccc5)CC4)ccc3C)c(F)c12. The molecule has 2 N–H and O–H groups in total. The van der Waals surface area contributed by atoms with Gasteiger partial charge in [0, 0.05) is 35.5 Å². The number of carbonyl (C=O) groups is 2. The van der Waals surface area contributed by atoms with Crippen molar-refractivity contribution >= 4 is 17.3 Å². The van der Waals surface area contributed by atoms with Crippen molar-refractivity contribution in [2.45, 2.75) is 25.3 Å². The molecule has 1 aliphatic carbocycles. The van der Waals surface area contributed by atoms with Gasteiger partial charge in [-0.2, -0.15) is 5.10 Å². The summed E-state index contributed by atoms with van der Waals surface area (Å²) in [7, 11) is 1.45. The number of fused-ring (bicyclic) bond motifs is 1. The van der Waals surface area contributed by atoms with Crippen LogP contribution in [0, 0.1) is 30.7 Å². The molecule has 40 heavy (non-hydrogen) atoms. The minimum atomic E-state index is -0.657. The van der Waals surface area contributed by atoms with Crippen molar-refractivity contribution in [3.63, 3.8) is 0 Å². The highest BCUT2D eigenvalue weighted by Gasteiger charge is 2.46. The Morgan fingerprint density at radius 3 is 2.45 bits per heavy atom. The summed E-state index contributed by atoms with van der Waals surface area (Å²) < 4.78 is 31.2. The van der Waals surface area contributed by atoms with Gasteiger partial charge in [0.2, 0.25) is 0 Å². The van der Waals surface area contributed by atoms with E-state index in [1.165, 1.54) is 35.8 Å². The Labute approximate surface area is 229 Å². The lowest BCUT2D eigenvalue weighted by Gasteiger charge is -2.17. The number of hydrogen-bond acceptors (Lipinski definition) is 3. The number of benzene rings is 2. The summed E-state index contributed by atoms with van der Waals surface area (Å²) in [6, 6.07) is 23.8. The van der Waals surface area contributed by atoms with Gasteiger partial charge >= 0.3 is 0 Å². The first-order chi connectivity index (χ1) is 19.3. The number of hydrogen-bond donors (Lipinski definition) is 2. The standard InChI is InChI=1S/C32H24F2N4O2/c1-19-8-9-21(30(39)36-32(15-16-32)22-6-4-3-5-7-22)18-25(19)24-14-17-38-29(27(24)34)26(31(40)35-2)28(37-38)20-10-12-23(33)13-11-20/h3-4,6,8-14,17-18H,15-16H2,1-2H3,(H,35,40)(H,36,39). The number of aromatic nitrogens is 2. The molecule has 0 atom stereocenters. The molecule has 8 heteroatoms. The normalized spacial score (nSPS) is 13.5. The molecular formula is C32H24F2N4O2. The minimum absolute atomic E-state index is 0.0155. The third-order valence-corrected chi connectivity index (χ3v) is 7.37. The number of carbonyl (C=O) groups excluding carboxylic acids is 2. The van der Waals surface area contributed by atoms with Gasteiger partial charge in [0.05, 0.1) is 11.1 Å². The Hall–Kier alpha value is -5.03. The zero-order valence-corrected chi connectivity index (χ0v) is 21.8. The highest BCUT2D eigenvalue weighted by Crippen LogP contribution is 2.45. The lowest BCUT2D eigenvalue weighted by molar-refractivity contribution is 0.0929. The quantitative estimate of drug-likeness (QED) is 0.296. The highest BCUT2D eigenvalue weighted by atomic mass is 19.1. The molecule has 0 spiro atoms. The lowest BCUT2D eigenvalue weighted by atomic mass is 9.96. The summed E-state index contributed by atoms with van der Waals surface area (Å²) in [5, 5.41) is 10.1. The molecule has 0 radical (unpaired) electrons. The number of halogens is 2. The van der Waals surface area contributed by atoms with Gasteiger partial charge in [0.1, 0.15) is 17.0 Å². The van der Waals surface area contributed by atoms with Crippen LogP contribution >= 0.6 is 0 Å². The van der Waals surface area contributed by atoms with Gasteiger partial charge in [-0.3, -0.25) is 9.59 Å². The summed E-state index contributed by atoms with van der Waals surface area (Å²) >= 11 is 0. The van der Waals surface area contributed by atoms with Crippen LogP contribution in [0.1, 0.15) is 44.7 Å². The average Bonchev–Trinajstić information content (AvgIpc) is 3.65. The molecule has 0 bridgehead atoms. The van der Waals surface area contributed by atoms with Gasteiger partial charge < -0.3 is 10.6 Å². The Bertz CT molecular complexity index is 1780. The third-order valence-electron chi connectivity index (χ3n) is 7.37. The number of amides is 2. The van der Waals surface area contributed by atoms with E-state index in [9.17, 15) is 14.0 Å². The van der Waals surface area contributed by atoms with Gasteiger partial charge in [-0.25, -0.2) is 13.3 Å². The number of nitrogens with one attached hydrogen (secondary N) is 2. The Morgan fingerprint density at radius 1 is 1.00 bits per heavy atom. The molecule has 198 valence electrons. The second-order valence-corrected chi connectivity index (χ2v) is 9.92. The topological polar surface area (TPSA) is 75.5 Å². The smallest absolute Gasteiger partial charge is 0.255 e. The molecule has 1 saturated carbocycles. The second kappa shape index (κ2) is 9.62. The molecule has 2 amide bonds. The Morgan fingerprint density at radius 2 is 1.77 bits per heavy atom.